The second-order valence-electron chi connectivity index (χ2n) is 12.1. The number of carbonyl (C=O) groups is 2. The zero-order valence-corrected chi connectivity index (χ0v) is 29.6. The van der Waals surface area contributed by atoms with Crippen LogP contribution in [0, 0.1) is 0 Å². The number of esters is 1. The zero-order chi connectivity index (χ0) is 35.2. The largest absolute Gasteiger partial charge is 0.464 e. The van der Waals surface area contributed by atoms with Gasteiger partial charge in [0.1, 0.15) is 37.1 Å². The number of unbranched alkanes of at least 4 members (excludes halogenated alkanes) is 4. The summed E-state index contributed by atoms with van der Waals surface area (Å²) in [5.41, 5.74) is 0.699. The number of hydrogen-bond donors (Lipinski definition) is 1. The Hall–Kier alpha value is -2.38. The fourth-order valence-electron chi connectivity index (χ4n) is 5.23. The van der Waals surface area contributed by atoms with Gasteiger partial charge in [0.15, 0.2) is 6.10 Å². The Labute approximate surface area is 285 Å². The molecule has 1 fully saturated rings. The van der Waals surface area contributed by atoms with Crippen LogP contribution in [-0.4, -0.2) is 94.2 Å². The Morgan fingerprint density at radius 1 is 0.792 bits per heavy atom. The quantitative estimate of drug-likeness (QED) is 0.0858. The van der Waals surface area contributed by atoms with Crippen molar-refractivity contribution in [3.63, 3.8) is 0 Å². The van der Waals surface area contributed by atoms with Gasteiger partial charge >= 0.3 is 12.1 Å². The molecule has 0 aliphatic carbocycles. The number of halogens is 2. The third-order valence-electron chi connectivity index (χ3n) is 7.95. The van der Waals surface area contributed by atoms with Crippen LogP contribution in [-0.2, 0) is 44.6 Å². The Morgan fingerprint density at radius 3 is 1.94 bits per heavy atom. The minimum absolute atomic E-state index is 0.0179. The number of alkyl carbamates (subject to hydrolysis) is 1. The van der Waals surface area contributed by atoms with Gasteiger partial charge in [-0.25, -0.2) is 18.4 Å². The first-order valence-corrected chi connectivity index (χ1v) is 17.8. The molecule has 6 atom stereocenters. The smallest absolute Gasteiger partial charge is 0.408 e. The molecular weight excluding hydrogens is 628 g/mol. The Bertz CT molecular complexity index is 1000. The molecule has 0 radical (unpaired) electrons. The standard InChI is InChI=1S/C36H59F2NO9/c1-6-11-20-42-26-29-30(44-21-12-7-2)31(45-22-13-8-3)32(46-23-14-9-4)33(48-29)36(37,38)24-28(34(40)43-10-5)39-35(41)47-25-27-18-16-15-17-19-27/h15-19,28-33H,6-14,20-26H2,1-5H3,(H,39,41)/t28-,29+,30-,31-,32+,33+/m0/s1. The molecule has 10 nitrogen and oxygen atoms in total. The Morgan fingerprint density at radius 2 is 1.35 bits per heavy atom. The van der Waals surface area contributed by atoms with Crippen LogP contribution in [0.2, 0.25) is 0 Å². The molecular formula is C36H59F2NO9. The normalized spacial score (nSPS) is 21.9. The Kier molecular flexibility index (Phi) is 20.8. The molecule has 12 heteroatoms. The van der Waals surface area contributed by atoms with E-state index in [-0.39, 0.29) is 26.4 Å². The number of amides is 1. The van der Waals surface area contributed by atoms with Gasteiger partial charge in [0.25, 0.3) is 5.92 Å². The summed E-state index contributed by atoms with van der Waals surface area (Å²) in [5.74, 6) is -4.70. The van der Waals surface area contributed by atoms with Crippen molar-refractivity contribution in [2.45, 2.75) is 141 Å². The highest BCUT2D eigenvalue weighted by Crippen LogP contribution is 2.39. The van der Waals surface area contributed by atoms with Crippen molar-refractivity contribution < 1.29 is 51.5 Å². The van der Waals surface area contributed by atoms with Crippen molar-refractivity contribution in [3.05, 3.63) is 35.9 Å². The van der Waals surface area contributed by atoms with Gasteiger partial charge in [-0.2, -0.15) is 0 Å². The van der Waals surface area contributed by atoms with Crippen LogP contribution in [0.5, 0.6) is 0 Å². The van der Waals surface area contributed by atoms with Gasteiger partial charge in [-0.3, -0.25) is 0 Å². The SMILES string of the molecule is CCCCOC[C@H]1O[C@@H](C(F)(F)C[C@H](NC(=O)OCc2ccccc2)C(=O)OCC)[C@H](OCCCC)[C@@H](OCCCC)[C@H]1OCCCC. The van der Waals surface area contributed by atoms with Crippen molar-refractivity contribution in [2.24, 2.45) is 0 Å². The topological polar surface area (TPSA) is 111 Å². The summed E-state index contributed by atoms with van der Waals surface area (Å²) in [6.07, 6.45) is -1.33. The second-order valence-corrected chi connectivity index (χ2v) is 12.1. The summed E-state index contributed by atoms with van der Waals surface area (Å²) >= 11 is 0. The van der Waals surface area contributed by atoms with E-state index in [0.717, 1.165) is 44.9 Å². The van der Waals surface area contributed by atoms with Crippen LogP contribution in [0.25, 0.3) is 0 Å². The minimum atomic E-state index is -3.69. The average molecular weight is 688 g/mol. The lowest BCUT2D eigenvalue weighted by Crippen LogP contribution is -2.66. The summed E-state index contributed by atoms with van der Waals surface area (Å²) in [7, 11) is 0. The molecule has 0 bridgehead atoms. The molecule has 0 spiro atoms. The first-order chi connectivity index (χ1) is 23.2. The summed E-state index contributed by atoms with van der Waals surface area (Å²) in [4.78, 5) is 25.7. The van der Waals surface area contributed by atoms with E-state index in [1.165, 1.54) is 0 Å². The second kappa shape index (κ2) is 23.9. The molecule has 1 amide bonds. The highest BCUT2D eigenvalue weighted by atomic mass is 19.3. The molecule has 1 aliphatic heterocycles. The molecule has 1 aromatic carbocycles. The lowest BCUT2D eigenvalue weighted by atomic mass is 9.88. The monoisotopic (exact) mass is 687 g/mol. The molecule has 48 heavy (non-hydrogen) atoms. The molecule has 2 rings (SSSR count). The summed E-state index contributed by atoms with van der Waals surface area (Å²) in [6.45, 7) is 10.9. The third-order valence-corrected chi connectivity index (χ3v) is 7.95. The van der Waals surface area contributed by atoms with Crippen LogP contribution in [0.15, 0.2) is 30.3 Å². The molecule has 1 heterocycles. The van der Waals surface area contributed by atoms with E-state index in [1.807, 2.05) is 33.8 Å². The number of hydrogen-bond acceptors (Lipinski definition) is 9. The predicted molar refractivity (Wildman–Crippen MR) is 178 cm³/mol. The van der Waals surface area contributed by atoms with E-state index in [0.29, 0.717) is 31.8 Å². The molecule has 0 unspecified atom stereocenters. The van der Waals surface area contributed by atoms with Crippen molar-refractivity contribution >= 4 is 12.1 Å². The van der Waals surface area contributed by atoms with Crippen molar-refractivity contribution in [3.8, 4) is 0 Å². The zero-order valence-electron chi connectivity index (χ0n) is 29.6. The maximum atomic E-state index is 16.7. The van der Waals surface area contributed by atoms with E-state index < -0.39 is 61.0 Å². The summed E-state index contributed by atoms with van der Waals surface area (Å²) in [5, 5.41) is 2.30. The number of ether oxygens (including phenoxy) is 7. The fourth-order valence-corrected chi connectivity index (χ4v) is 5.23. The van der Waals surface area contributed by atoms with Crippen LogP contribution in [0.3, 0.4) is 0 Å². The highest BCUT2D eigenvalue weighted by molar-refractivity contribution is 5.81. The Balaban J connectivity index is 2.42. The van der Waals surface area contributed by atoms with Gasteiger partial charge in [0.2, 0.25) is 0 Å². The van der Waals surface area contributed by atoms with Crippen molar-refractivity contribution in [2.75, 3.05) is 39.6 Å². The minimum Gasteiger partial charge on any atom is -0.464 e. The van der Waals surface area contributed by atoms with Crippen LogP contribution in [0.4, 0.5) is 13.6 Å². The lowest BCUT2D eigenvalue weighted by molar-refractivity contribution is -0.306. The predicted octanol–water partition coefficient (Wildman–Crippen LogP) is 7.01. The van der Waals surface area contributed by atoms with Gasteiger partial charge in [-0.1, -0.05) is 83.7 Å². The van der Waals surface area contributed by atoms with Crippen LogP contribution < -0.4 is 5.32 Å². The van der Waals surface area contributed by atoms with Crippen molar-refractivity contribution in [1.29, 1.82) is 0 Å². The van der Waals surface area contributed by atoms with Crippen LogP contribution >= 0.6 is 0 Å². The third kappa shape index (κ3) is 14.6. The summed E-state index contributed by atoms with van der Waals surface area (Å²) in [6, 6.07) is 7.16. The number of nitrogens with one attached hydrogen (secondary N) is 1. The molecule has 1 N–H and O–H groups in total. The van der Waals surface area contributed by atoms with Crippen molar-refractivity contribution in [1.82, 2.24) is 5.32 Å². The molecule has 1 aliphatic rings. The van der Waals surface area contributed by atoms with Gasteiger partial charge < -0.3 is 38.5 Å². The van der Waals surface area contributed by atoms with E-state index in [2.05, 4.69) is 5.32 Å². The maximum absolute atomic E-state index is 16.7. The van der Waals surface area contributed by atoms with Gasteiger partial charge in [0, 0.05) is 32.8 Å². The number of rotatable bonds is 25. The van der Waals surface area contributed by atoms with Gasteiger partial charge in [0.05, 0.1) is 13.2 Å². The molecule has 0 saturated carbocycles. The first-order valence-electron chi connectivity index (χ1n) is 17.8. The molecule has 276 valence electrons. The van der Waals surface area contributed by atoms with E-state index in [4.69, 9.17) is 33.2 Å². The maximum Gasteiger partial charge on any atom is 0.408 e. The first kappa shape index (κ1) is 41.8. The highest BCUT2D eigenvalue weighted by Gasteiger charge is 2.58. The van der Waals surface area contributed by atoms with Crippen LogP contribution in [0.1, 0.15) is 98.0 Å². The molecule has 1 saturated heterocycles. The lowest BCUT2D eigenvalue weighted by Gasteiger charge is -2.48. The molecule has 1 aromatic rings. The summed E-state index contributed by atoms with van der Waals surface area (Å²) < 4.78 is 74.6. The number of carbonyl (C=O) groups excluding carboxylic acids is 2. The average Bonchev–Trinajstić information content (AvgIpc) is 3.07. The van der Waals surface area contributed by atoms with Gasteiger partial charge in [-0.05, 0) is 38.2 Å². The van der Waals surface area contributed by atoms with E-state index in [9.17, 15) is 9.59 Å². The molecule has 0 aromatic heterocycles. The van der Waals surface area contributed by atoms with E-state index in [1.54, 1.807) is 31.2 Å². The van der Waals surface area contributed by atoms with Gasteiger partial charge in [-0.15, -0.1) is 0 Å². The fraction of sp³-hybridized carbons (Fsp3) is 0.778. The number of benzene rings is 1. The number of alkyl halides is 2. The van der Waals surface area contributed by atoms with E-state index >= 15 is 8.78 Å².